The number of halogens is 1. The van der Waals surface area contributed by atoms with Gasteiger partial charge in [-0.25, -0.2) is 0 Å². The maximum absolute atomic E-state index is 6.32. The van der Waals surface area contributed by atoms with Crippen molar-refractivity contribution in [1.82, 2.24) is 5.32 Å². The van der Waals surface area contributed by atoms with Gasteiger partial charge in [-0.15, -0.1) is 11.3 Å². The topological polar surface area (TPSA) is 21.3 Å². The molecule has 0 aliphatic carbocycles. The molecule has 0 spiro atoms. The summed E-state index contributed by atoms with van der Waals surface area (Å²) in [5, 5.41) is 6.49. The maximum Gasteiger partial charge on any atom is 0.122 e. The number of hydrogen-bond acceptors (Lipinski definition) is 3. The van der Waals surface area contributed by atoms with Crippen LogP contribution in [0.4, 0.5) is 0 Å². The van der Waals surface area contributed by atoms with E-state index < -0.39 is 0 Å². The number of fused-ring (bicyclic) bond motifs is 1. The second-order valence-corrected chi connectivity index (χ2v) is 6.41. The first-order valence-corrected chi connectivity index (χ1v) is 8.22. The molecule has 0 saturated heterocycles. The first-order valence-electron chi connectivity index (χ1n) is 6.96. The molecule has 2 nitrogen and oxygen atoms in total. The van der Waals surface area contributed by atoms with Crippen molar-refractivity contribution in [3.8, 4) is 5.75 Å². The summed E-state index contributed by atoms with van der Waals surface area (Å²) in [7, 11) is 0. The van der Waals surface area contributed by atoms with Gasteiger partial charge in [0.2, 0.25) is 0 Å². The van der Waals surface area contributed by atoms with E-state index in [4.69, 9.17) is 16.3 Å². The summed E-state index contributed by atoms with van der Waals surface area (Å²) < 4.78 is 5.92. The highest BCUT2D eigenvalue weighted by atomic mass is 35.5. The quantitative estimate of drug-likeness (QED) is 0.909. The van der Waals surface area contributed by atoms with Gasteiger partial charge in [0, 0.05) is 16.8 Å². The van der Waals surface area contributed by atoms with Crippen molar-refractivity contribution < 1.29 is 4.74 Å². The second-order valence-electron chi connectivity index (χ2n) is 5.05. The molecule has 106 valence electrons. The molecule has 3 rings (SSSR count). The van der Waals surface area contributed by atoms with Gasteiger partial charge in [-0.2, -0.15) is 0 Å². The Morgan fingerprint density at radius 1 is 1.40 bits per heavy atom. The van der Waals surface area contributed by atoms with Gasteiger partial charge in [-0.1, -0.05) is 36.7 Å². The number of rotatable bonds is 4. The largest absolute Gasteiger partial charge is 0.493 e. The third kappa shape index (κ3) is 2.71. The number of hydrogen-bond donors (Lipinski definition) is 1. The fourth-order valence-electron chi connectivity index (χ4n) is 2.79. The third-order valence-corrected chi connectivity index (χ3v) is 5.17. The average Bonchev–Trinajstić information content (AvgIpc) is 2.90. The Morgan fingerprint density at radius 2 is 2.25 bits per heavy atom. The van der Waals surface area contributed by atoms with E-state index in [1.54, 1.807) is 11.3 Å². The molecule has 2 heterocycles. The zero-order chi connectivity index (χ0) is 13.9. The van der Waals surface area contributed by atoms with Crippen LogP contribution in [0.2, 0.25) is 5.02 Å². The highest BCUT2D eigenvalue weighted by Gasteiger charge is 2.29. The minimum atomic E-state index is 0.265. The number of thiophene rings is 1. The summed E-state index contributed by atoms with van der Waals surface area (Å²) in [5.74, 6) is 1.44. The fraction of sp³-hybridized carbons (Fsp3) is 0.375. The SMILES string of the molecule is CCNC(c1sccc1Cl)C1COc2ccccc2C1. The van der Waals surface area contributed by atoms with E-state index in [2.05, 4.69) is 29.8 Å². The van der Waals surface area contributed by atoms with Crippen LogP contribution in [0.3, 0.4) is 0 Å². The van der Waals surface area contributed by atoms with Gasteiger partial charge in [0.25, 0.3) is 0 Å². The van der Waals surface area contributed by atoms with E-state index in [0.29, 0.717) is 5.92 Å². The number of ether oxygens (including phenoxy) is 1. The van der Waals surface area contributed by atoms with E-state index in [0.717, 1.165) is 30.3 Å². The van der Waals surface area contributed by atoms with Crippen molar-refractivity contribution in [3.63, 3.8) is 0 Å². The van der Waals surface area contributed by atoms with Crippen LogP contribution in [-0.2, 0) is 6.42 Å². The smallest absolute Gasteiger partial charge is 0.122 e. The summed E-state index contributed by atoms with van der Waals surface area (Å²) in [5.41, 5.74) is 1.29. The van der Waals surface area contributed by atoms with Crippen molar-refractivity contribution in [2.75, 3.05) is 13.2 Å². The van der Waals surface area contributed by atoms with E-state index in [1.807, 2.05) is 18.2 Å². The van der Waals surface area contributed by atoms with Crippen LogP contribution in [0, 0.1) is 5.92 Å². The van der Waals surface area contributed by atoms with Crippen LogP contribution in [0.25, 0.3) is 0 Å². The van der Waals surface area contributed by atoms with Gasteiger partial charge < -0.3 is 10.1 Å². The maximum atomic E-state index is 6.32. The Balaban J connectivity index is 1.85. The van der Waals surface area contributed by atoms with Gasteiger partial charge in [0.05, 0.1) is 11.6 Å². The minimum Gasteiger partial charge on any atom is -0.493 e. The molecule has 1 aliphatic heterocycles. The molecule has 0 saturated carbocycles. The van der Waals surface area contributed by atoms with Gasteiger partial charge in [0.1, 0.15) is 5.75 Å². The predicted octanol–water partition coefficient (Wildman–Crippen LogP) is 4.30. The molecule has 2 atom stereocenters. The Labute approximate surface area is 128 Å². The lowest BCUT2D eigenvalue weighted by molar-refractivity contribution is 0.187. The Morgan fingerprint density at radius 3 is 3.00 bits per heavy atom. The highest BCUT2D eigenvalue weighted by molar-refractivity contribution is 7.10. The molecule has 0 fully saturated rings. The van der Waals surface area contributed by atoms with Crippen LogP contribution in [0.5, 0.6) is 5.75 Å². The van der Waals surface area contributed by atoms with Crippen LogP contribution < -0.4 is 10.1 Å². The first kappa shape index (κ1) is 13.9. The lowest BCUT2D eigenvalue weighted by Gasteiger charge is -2.32. The normalized spacial score (nSPS) is 19.2. The van der Waals surface area contributed by atoms with Crippen molar-refractivity contribution in [2.24, 2.45) is 5.92 Å². The molecule has 2 unspecified atom stereocenters. The zero-order valence-corrected chi connectivity index (χ0v) is 13.0. The second kappa shape index (κ2) is 6.17. The number of benzene rings is 1. The molecular formula is C16H18ClNOS. The minimum absolute atomic E-state index is 0.265. The number of nitrogens with one attached hydrogen (secondary N) is 1. The Hall–Kier alpha value is -1.03. The summed E-state index contributed by atoms with van der Waals surface area (Å²) in [6.07, 6.45) is 1.03. The molecule has 0 radical (unpaired) electrons. The zero-order valence-electron chi connectivity index (χ0n) is 11.4. The van der Waals surface area contributed by atoms with Crippen LogP contribution in [-0.4, -0.2) is 13.2 Å². The Kier molecular flexibility index (Phi) is 4.29. The fourth-order valence-corrected chi connectivity index (χ4v) is 4.13. The van der Waals surface area contributed by atoms with Crippen molar-refractivity contribution in [3.05, 3.63) is 51.2 Å². The number of para-hydroxylation sites is 1. The first-order chi connectivity index (χ1) is 9.79. The average molecular weight is 308 g/mol. The molecule has 0 amide bonds. The molecule has 1 aliphatic rings. The lowest BCUT2D eigenvalue weighted by Crippen LogP contribution is -2.34. The molecule has 0 bridgehead atoms. The highest BCUT2D eigenvalue weighted by Crippen LogP contribution is 2.38. The van der Waals surface area contributed by atoms with Gasteiger partial charge in [-0.3, -0.25) is 0 Å². The van der Waals surface area contributed by atoms with Crippen LogP contribution >= 0.6 is 22.9 Å². The van der Waals surface area contributed by atoms with Crippen LogP contribution in [0.15, 0.2) is 35.7 Å². The van der Waals surface area contributed by atoms with Gasteiger partial charge in [-0.05, 0) is 36.0 Å². The van der Waals surface area contributed by atoms with Gasteiger partial charge >= 0.3 is 0 Å². The van der Waals surface area contributed by atoms with Crippen molar-refractivity contribution in [2.45, 2.75) is 19.4 Å². The van der Waals surface area contributed by atoms with E-state index >= 15 is 0 Å². The molecule has 2 aromatic rings. The summed E-state index contributed by atoms with van der Waals surface area (Å²) >= 11 is 8.04. The lowest BCUT2D eigenvalue weighted by atomic mass is 9.89. The van der Waals surface area contributed by atoms with Crippen molar-refractivity contribution in [1.29, 1.82) is 0 Å². The van der Waals surface area contributed by atoms with Crippen molar-refractivity contribution >= 4 is 22.9 Å². The molecule has 20 heavy (non-hydrogen) atoms. The monoisotopic (exact) mass is 307 g/mol. The molecule has 4 heteroatoms. The molecular weight excluding hydrogens is 290 g/mol. The molecule has 1 N–H and O–H groups in total. The van der Waals surface area contributed by atoms with E-state index in [1.165, 1.54) is 10.4 Å². The van der Waals surface area contributed by atoms with Crippen LogP contribution in [0.1, 0.15) is 23.4 Å². The van der Waals surface area contributed by atoms with E-state index in [9.17, 15) is 0 Å². The third-order valence-electron chi connectivity index (χ3n) is 3.73. The van der Waals surface area contributed by atoms with Gasteiger partial charge in [0.15, 0.2) is 0 Å². The Bertz CT molecular complexity index is 583. The summed E-state index contributed by atoms with van der Waals surface area (Å²) in [6, 6.07) is 10.5. The molecule has 1 aromatic heterocycles. The predicted molar refractivity (Wildman–Crippen MR) is 84.9 cm³/mol. The molecule has 1 aromatic carbocycles. The standard InChI is InChI=1S/C16H18ClNOS/c1-2-18-15(16-13(17)7-8-20-16)12-9-11-5-3-4-6-14(11)19-10-12/h3-8,12,15,18H,2,9-10H2,1H3. The summed E-state index contributed by atoms with van der Waals surface area (Å²) in [4.78, 5) is 1.22. The van der Waals surface area contributed by atoms with E-state index in [-0.39, 0.29) is 6.04 Å². The summed E-state index contributed by atoms with van der Waals surface area (Å²) in [6.45, 7) is 3.80.